The lowest BCUT2D eigenvalue weighted by molar-refractivity contribution is -0.292. The lowest BCUT2D eigenvalue weighted by Gasteiger charge is -2.44. The van der Waals surface area contributed by atoms with Gasteiger partial charge in [-0.2, -0.15) is 0 Å². The van der Waals surface area contributed by atoms with Crippen molar-refractivity contribution >= 4 is 16.7 Å². The molecule has 0 bridgehead atoms. The Morgan fingerprint density at radius 2 is 1.75 bits per heavy atom. The lowest BCUT2D eigenvalue weighted by Crippen LogP contribution is -2.62. The summed E-state index contributed by atoms with van der Waals surface area (Å²) < 4.78 is 45.7. The fourth-order valence-corrected chi connectivity index (χ4v) is 4.50. The molecular formula is C23H28O9. The molecule has 5 unspecified atom stereocenters. The van der Waals surface area contributed by atoms with Crippen molar-refractivity contribution in [2.24, 2.45) is 0 Å². The summed E-state index contributed by atoms with van der Waals surface area (Å²) in [7, 11) is 7.85. The van der Waals surface area contributed by atoms with Gasteiger partial charge in [0.15, 0.2) is 0 Å². The monoisotopic (exact) mass is 448 g/mol. The Balaban J connectivity index is 1.76. The summed E-state index contributed by atoms with van der Waals surface area (Å²) in [6, 6.07) is 7.50. The van der Waals surface area contributed by atoms with Gasteiger partial charge in [-0.1, -0.05) is 12.1 Å². The molecule has 2 aliphatic rings. The maximum Gasteiger partial charge on any atom is 0.342 e. The van der Waals surface area contributed by atoms with Crippen molar-refractivity contribution in [1.29, 1.82) is 0 Å². The summed E-state index contributed by atoms with van der Waals surface area (Å²) in [6.07, 6.45) is -2.72. The van der Waals surface area contributed by atoms with Gasteiger partial charge in [-0.3, -0.25) is 0 Å². The van der Waals surface area contributed by atoms with Gasteiger partial charge in [0.05, 0.1) is 19.1 Å². The van der Waals surface area contributed by atoms with Gasteiger partial charge in [0.25, 0.3) is 0 Å². The Kier molecular flexibility index (Phi) is 6.82. The summed E-state index contributed by atoms with van der Waals surface area (Å²) in [5.41, 5.74) is 1.19. The predicted octanol–water partition coefficient (Wildman–Crippen LogP) is 2.31. The van der Waals surface area contributed by atoms with Crippen molar-refractivity contribution in [3.63, 3.8) is 0 Å². The molecule has 2 aromatic rings. The highest BCUT2D eigenvalue weighted by molar-refractivity contribution is 6.06. The van der Waals surface area contributed by atoms with Gasteiger partial charge in [-0.05, 0) is 17.5 Å². The average Bonchev–Trinajstić information content (AvgIpc) is 3.17. The van der Waals surface area contributed by atoms with Crippen LogP contribution in [0.1, 0.15) is 15.9 Å². The third-order valence-corrected chi connectivity index (χ3v) is 5.91. The standard InChI is InChI=1S/C23H28O9/c1-25-11-15-18(26-2)20(28-4)21(29-5)23(32-15)31-14-8-6-7-12-9-13-10-30-22(24)17(13)19(27-3)16(12)14/h6-9,15,18,20-21,23H,10-11H2,1-5H3. The van der Waals surface area contributed by atoms with Crippen LogP contribution in [0.5, 0.6) is 11.5 Å². The highest BCUT2D eigenvalue weighted by Crippen LogP contribution is 2.42. The van der Waals surface area contributed by atoms with Crippen molar-refractivity contribution in [2.45, 2.75) is 37.3 Å². The van der Waals surface area contributed by atoms with E-state index in [9.17, 15) is 4.79 Å². The molecule has 9 heteroatoms. The van der Waals surface area contributed by atoms with Gasteiger partial charge in [-0.25, -0.2) is 4.79 Å². The van der Waals surface area contributed by atoms with Crippen LogP contribution in [0.15, 0.2) is 24.3 Å². The number of hydrogen-bond acceptors (Lipinski definition) is 9. The van der Waals surface area contributed by atoms with Crippen LogP contribution in [-0.2, 0) is 35.0 Å². The second kappa shape index (κ2) is 9.60. The molecule has 0 radical (unpaired) electrons. The SMILES string of the molecule is COCC1OC(Oc2cccc3cc4c(c(OC)c23)C(=O)OC4)C(OC)C(OC)C1OC. The zero-order chi connectivity index (χ0) is 22.8. The van der Waals surface area contributed by atoms with Crippen LogP contribution in [-0.4, -0.2) is 78.8 Å². The summed E-state index contributed by atoms with van der Waals surface area (Å²) in [5, 5.41) is 1.50. The molecule has 2 aromatic carbocycles. The van der Waals surface area contributed by atoms with Crippen LogP contribution in [0, 0.1) is 0 Å². The predicted molar refractivity (Wildman–Crippen MR) is 113 cm³/mol. The van der Waals surface area contributed by atoms with E-state index in [0.29, 0.717) is 22.4 Å². The molecule has 0 spiro atoms. The number of benzene rings is 2. The summed E-state index contributed by atoms with van der Waals surface area (Å²) in [6.45, 7) is 0.503. The fourth-order valence-electron chi connectivity index (χ4n) is 4.50. The normalized spacial score (nSPS) is 27.3. The number of ether oxygens (including phenoxy) is 8. The highest BCUT2D eigenvalue weighted by Gasteiger charge is 2.48. The first kappa shape index (κ1) is 22.8. The van der Waals surface area contributed by atoms with Crippen LogP contribution >= 0.6 is 0 Å². The van der Waals surface area contributed by atoms with Crippen molar-refractivity contribution < 1.29 is 42.7 Å². The van der Waals surface area contributed by atoms with Gasteiger partial charge < -0.3 is 37.9 Å². The number of methoxy groups -OCH3 is 5. The maximum absolute atomic E-state index is 12.3. The number of carbonyl (C=O) groups is 1. The van der Waals surface area contributed by atoms with E-state index in [1.54, 1.807) is 34.5 Å². The van der Waals surface area contributed by atoms with Crippen LogP contribution in [0.25, 0.3) is 10.8 Å². The Morgan fingerprint density at radius 1 is 1.00 bits per heavy atom. The first-order valence-corrected chi connectivity index (χ1v) is 10.3. The minimum Gasteiger partial charge on any atom is -0.495 e. The van der Waals surface area contributed by atoms with Crippen LogP contribution in [0.3, 0.4) is 0 Å². The number of hydrogen-bond donors (Lipinski definition) is 0. The van der Waals surface area contributed by atoms with Crippen molar-refractivity contribution in [2.75, 3.05) is 42.2 Å². The molecular weight excluding hydrogens is 420 g/mol. The Bertz CT molecular complexity index is 976. The van der Waals surface area contributed by atoms with Crippen LogP contribution in [0.4, 0.5) is 0 Å². The third kappa shape index (κ3) is 3.80. The Labute approximate surface area is 186 Å². The number of rotatable bonds is 8. The molecule has 0 saturated carbocycles. The maximum atomic E-state index is 12.3. The molecule has 1 fully saturated rings. The average molecular weight is 448 g/mol. The van der Waals surface area contributed by atoms with Gasteiger partial charge in [0, 0.05) is 34.0 Å². The molecule has 32 heavy (non-hydrogen) atoms. The number of carbonyl (C=O) groups excluding carboxylic acids is 1. The first-order chi connectivity index (χ1) is 15.6. The number of cyclic esters (lactones) is 1. The fraction of sp³-hybridized carbons (Fsp3) is 0.522. The number of fused-ring (bicyclic) bond motifs is 2. The van der Waals surface area contributed by atoms with Crippen molar-refractivity contribution in [3.8, 4) is 11.5 Å². The van der Waals surface area contributed by atoms with Crippen molar-refractivity contribution in [3.05, 3.63) is 35.4 Å². The molecule has 0 aliphatic carbocycles. The zero-order valence-corrected chi connectivity index (χ0v) is 18.8. The van der Waals surface area contributed by atoms with Crippen LogP contribution in [0.2, 0.25) is 0 Å². The second-order valence-electron chi connectivity index (χ2n) is 7.59. The van der Waals surface area contributed by atoms with Crippen molar-refractivity contribution in [1.82, 2.24) is 0 Å². The van der Waals surface area contributed by atoms with E-state index in [1.165, 1.54) is 7.11 Å². The largest absolute Gasteiger partial charge is 0.495 e. The molecule has 9 nitrogen and oxygen atoms in total. The van der Waals surface area contributed by atoms with Gasteiger partial charge in [-0.15, -0.1) is 0 Å². The molecule has 0 amide bonds. The molecule has 2 aliphatic heterocycles. The van der Waals surface area contributed by atoms with Gasteiger partial charge >= 0.3 is 5.97 Å². The van der Waals surface area contributed by atoms with Gasteiger partial charge in [0.2, 0.25) is 6.29 Å². The van der Waals surface area contributed by atoms with E-state index in [2.05, 4.69) is 0 Å². The molecule has 0 N–H and O–H groups in total. The van der Waals surface area contributed by atoms with E-state index < -0.39 is 36.7 Å². The summed E-state index contributed by atoms with van der Waals surface area (Å²) in [5.74, 6) is 0.474. The van der Waals surface area contributed by atoms with E-state index >= 15 is 0 Å². The van der Waals surface area contributed by atoms with E-state index in [4.69, 9.17) is 37.9 Å². The smallest absolute Gasteiger partial charge is 0.342 e. The summed E-state index contributed by atoms with van der Waals surface area (Å²) >= 11 is 0. The second-order valence-corrected chi connectivity index (χ2v) is 7.59. The highest BCUT2D eigenvalue weighted by atomic mass is 16.7. The minimum atomic E-state index is -0.827. The molecule has 1 saturated heterocycles. The lowest BCUT2D eigenvalue weighted by atomic mass is 9.98. The Morgan fingerprint density at radius 3 is 2.41 bits per heavy atom. The number of esters is 1. The molecule has 5 atom stereocenters. The Hall–Kier alpha value is -2.43. The topological polar surface area (TPSA) is 90.9 Å². The zero-order valence-electron chi connectivity index (χ0n) is 18.8. The molecule has 4 rings (SSSR count). The molecule has 2 heterocycles. The first-order valence-electron chi connectivity index (χ1n) is 10.3. The van der Waals surface area contributed by atoms with E-state index in [0.717, 1.165) is 10.9 Å². The van der Waals surface area contributed by atoms with E-state index in [1.807, 2.05) is 18.2 Å². The molecule has 0 aromatic heterocycles. The quantitative estimate of drug-likeness (QED) is 0.564. The minimum absolute atomic E-state index is 0.218. The van der Waals surface area contributed by atoms with Crippen LogP contribution < -0.4 is 9.47 Å². The third-order valence-electron chi connectivity index (χ3n) is 5.91. The van der Waals surface area contributed by atoms with E-state index in [-0.39, 0.29) is 13.2 Å². The molecule has 174 valence electrons. The summed E-state index contributed by atoms with van der Waals surface area (Å²) in [4.78, 5) is 12.3. The van der Waals surface area contributed by atoms with Gasteiger partial charge in [0.1, 0.15) is 48.1 Å².